The van der Waals surface area contributed by atoms with E-state index in [1.54, 1.807) is 7.11 Å². The van der Waals surface area contributed by atoms with Crippen LogP contribution in [0.4, 0.5) is 0 Å². The molecular formula is C11H23NO2. The highest BCUT2D eigenvalue weighted by Gasteiger charge is 2.25. The molecule has 3 unspecified atom stereocenters. The molecule has 0 aliphatic carbocycles. The standard InChI is InChI=1S/C11H23NO2/c1-9(5-7-14-2)11(13)10-4-3-6-12-8-10/h9-13H,3-8H2,1-2H3. The van der Waals surface area contributed by atoms with Gasteiger partial charge in [0.05, 0.1) is 6.10 Å². The third-order valence-electron chi connectivity index (χ3n) is 3.18. The molecule has 0 amide bonds. The topological polar surface area (TPSA) is 41.5 Å². The lowest BCUT2D eigenvalue weighted by molar-refractivity contribution is 0.0320. The molecule has 0 radical (unpaired) electrons. The largest absolute Gasteiger partial charge is 0.393 e. The SMILES string of the molecule is COCCC(C)C(O)C1CCCNC1. The molecule has 0 saturated carbocycles. The molecule has 3 heteroatoms. The summed E-state index contributed by atoms with van der Waals surface area (Å²) in [6, 6.07) is 0. The summed E-state index contributed by atoms with van der Waals surface area (Å²) in [5, 5.41) is 13.4. The van der Waals surface area contributed by atoms with Gasteiger partial charge in [0.25, 0.3) is 0 Å². The van der Waals surface area contributed by atoms with E-state index in [1.807, 2.05) is 0 Å². The maximum atomic E-state index is 10.1. The summed E-state index contributed by atoms with van der Waals surface area (Å²) in [4.78, 5) is 0. The molecule has 0 aromatic rings. The van der Waals surface area contributed by atoms with E-state index in [0.29, 0.717) is 11.8 Å². The van der Waals surface area contributed by atoms with Crippen molar-refractivity contribution in [2.75, 3.05) is 26.8 Å². The van der Waals surface area contributed by atoms with Crippen LogP contribution in [0.3, 0.4) is 0 Å². The number of hydrogen-bond donors (Lipinski definition) is 2. The molecule has 84 valence electrons. The van der Waals surface area contributed by atoms with Gasteiger partial charge < -0.3 is 15.2 Å². The molecule has 1 saturated heterocycles. The average Bonchev–Trinajstić information content (AvgIpc) is 2.26. The Morgan fingerprint density at radius 1 is 1.57 bits per heavy atom. The fraction of sp³-hybridized carbons (Fsp3) is 1.00. The fourth-order valence-electron chi connectivity index (χ4n) is 2.11. The van der Waals surface area contributed by atoms with E-state index in [1.165, 1.54) is 6.42 Å². The average molecular weight is 201 g/mol. The third kappa shape index (κ3) is 3.56. The molecule has 14 heavy (non-hydrogen) atoms. The molecule has 1 heterocycles. The van der Waals surface area contributed by atoms with Crippen molar-refractivity contribution in [2.45, 2.75) is 32.3 Å². The predicted molar refractivity (Wildman–Crippen MR) is 57.3 cm³/mol. The maximum Gasteiger partial charge on any atom is 0.0606 e. The van der Waals surface area contributed by atoms with Crippen LogP contribution >= 0.6 is 0 Å². The van der Waals surface area contributed by atoms with E-state index in [0.717, 1.165) is 32.5 Å². The monoisotopic (exact) mass is 201 g/mol. The first-order chi connectivity index (χ1) is 6.75. The van der Waals surface area contributed by atoms with Gasteiger partial charge in [-0.1, -0.05) is 6.92 Å². The van der Waals surface area contributed by atoms with Crippen LogP contribution in [0.5, 0.6) is 0 Å². The Balaban J connectivity index is 2.26. The third-order valence-corrected chi connectivity index (χ3v) is 3.18. The van der Waals surface area contributed by atoms with Gasteiger partial charge in [-0.2, -0.15) is 0 Å². The highest BCUT2D eigenvalue weighted by atomic mass is 16.5. The summed E-state index contributed by atoms with van der Waals surface area (Å²) in [6.45, 7) is 4.94. The molecule has 0 aromatic heterocycles. The van der Waals surface area contributed by atoms with E-state index in [2.05, 4.69) is 12.2 Å². The second kappa shape index (κ2) is 6.38. The molecule has 0 spiro atoms. The number of aliphatic hydroxyl groups excluding tert-OH is 1. The van der Waals surface area contributed by atoms with Crippen molar-refractivity contribution in [3.8, 4) is 0 Å². The van der Waals surface area contributed by atoms with Gasteiger partial charge in [-0.15, -0.1) is 0 Å². The summed E-state index contributed by atoms with van der Waals surface area (Å²) < 4.78 is 5.02. The van der Waals surface area contributed by atoms with Crippen LogP contribution in [0, 0.1) is 11.8 Å². The van der Waals surface area contributed by atoms with Crippen molar-refractivity contribution < 1.29 is 9.84 Å². The Labute approximate surface area is 86.8 Å². The summed E-state index contributed by atoms with van der Waals surface area (Å²) in [7, 11) is 1.71. The second-order valence-electron chi connectivity index (χ2n) is 4.36. The quantitative estimate of drug-likeness (QED) is 0.698. The van der Waals surface area contributed by atoms with Crippen molar-refractivity contribution in [1.29, 1.82) is 0 Å². The summed E-state index contributed by atoms with van der Waals surface area (Å²) in [5.74, 6) is 0.787. The lowest BCUT2D eigenvalue weighted by atomic mass is 9.85. The van der Waals surface area contributed by atoms with Crippen molar-refractivity contribution in [3.63, 3.8) is 0 Å². The van der Waals surface area contributed by atoms with Crippen LogP contribution in [-0.4, -0.2) is 38.0 Å². The van der Waals surface area contributed by atoms with E-state index >= 15 is 0 Å². The van der Waals surface area contributed by atoms with Crippen LogP contribution < -0.4 is 5.32 Å². The molecule has 3 nitrogen and oxygen atoms in total. The molecule has 1 fully saturated rings. The van der Waals surface area contributed by atoms with Gasteiger partial charge in [0.15, 0.2) is 0 Å². The van der Waals surface area contributed by atoms with Gasteiger partial charge in [0.1, 0.15) is 0 Å². The summed E-state index contributed by atoms with van der Waals surface area (Å²) >= 11 is 0. The Morgan fingerprint density at radius 2 is 2.36 bits per heavy atom. The number of ether oxygens (including phenoxy) is 1. The van der Waals surface area contributed by atoms with Crippen molar-refractivity contribution >= 4 is 0 Å². The first-order valence-electron chi connectivity index (χ1n) is 5.63. The number of hydrogen-bond acceptors (Lipinski definition) is 3. The lowest BCUT2D eigenvalue weighted by Gasteiger charge is -2.31. The number of piperidine rings is 1. The van der Waals surface area contributed by atoms with Crippen molar-refractivity contribution in [3.05, 3.63) is 0 Å². The highest BCUT2D eigenvalue weighted by molar-refractivity contribution is 4.79. The highest BCUT2D eigenvalue weighted by Crippen LogP contribution is 2.22. The molecule has 0 aromatic carbocycles. The fourth-order valence-corrected chi connectivity index (χ4v) is 2.11. The van der Waals surface area contributed by atoms with E-state index in [-0.39, 0.29) is 6.10 Å². The smallest absolute Gasteiger partial charge is 0.0606 e. The van der Waals surface area contributed by atoms with Crippen LogP contribution in [-0.2, 0) is 4.74 Å². The minimum Gasteiger partial charge on any atom is -0.393 e. The zero-order valence-electron chi connectivity index (χ0n) is 9.33. The van der Waals surface area contributed by atoms with E-state index in [4.69, 9.17) is 4.74 Å². The van der Waals surface area contributed by atoms with Gasteiger partial charge in [0, 0.05) is 20.3 Å². The molecule has 3 atom stereocenters. The number of aliphatic hydroxyl groups is 1. The zero-order chi connectivity index (χ0) is 10.4. The Morgan fingerprint density at radius 3 is 2.93 bits per heavy atom. The molecule has 1 aliphatic rings. The second-order valence-corrected chi connectivity index (χ2v) is 4.36. The summed E-state index contributed by atoms with van der Waals surface area (Å²) in [5.41, 5.74) is 0. The molecule has 2 N–H and O–H groups in total. The zero-order valence-corrected chi connectivity index (χ0v) is 9.33. The predicted octanol–water partition coefficient (Wildman–Crippen LogP) is 1.02. The van der Waals surface area contributed by atoms with Gasteiger partial charge in [-0.25, -0.2) is 0 Å². The van der Waals surface area contributed by atoms with Gasteiger partial charge in [0.2, 0.25) is 0 Å². The Kier molecular flexibility index (Phi) is 5.45. The molecule has 0 bridgehead atoms. The maximum absolute atomic E-state index is 10.1. The van der Waals surface area contributed by atoms with E-state index in [9.17, 15) is 5.11 Å². The molecule has 1 rings (SSSR count). The van der Waals surface area contributed by atoms with Crippen LogP contribution in [0.15, 0.2) is 0 Å². The van der Waals surface area contributed by atoms with Crippen molar-refractivity contribution in [2.24, 2.45) is 11.8 Å². The number of rotatable bonds is 5. The first kappa shape index (κ1) is 12.0. The minimum absolute atomic E-state index is 0.169. The van der Waals surface area contributed by atoms with Crippen LogP contribution in [0.2, 0.25) is 0 Å². The lowest BCUT2D eigenvalue weighted by Crippen LogP contribution is -2.39. The summed E-state index contributed by atoms with van der Waals surface area (Å²) in [6.07, 6.45) is 3.14. The van der Waals surface area contributed by atoms with Crippen LogP contribution in [0.25, 0.3) is 0 Å². The molecule has 1 aliphatic heterocycles. The molecular weight excluding hydrogens is 178 g/mol. The van der Waals surface area contributed by atoms with Gasteiger partial charge in [-0.05, 0) is 37.6 Å². The number of nitrogens with one attached hydrogen (secondary N) is 1. The number of methoxy groups -OCH3 is 1. The Bertz CT molecular complexity index is 146. The van der Waals surface area contributed by atoms with Crippen molar-refractivity contribution in [1.82, 2.24) is 5.32 Å². The van der Waals surface area contributed by atoms with Crippen LogP contribution in [0.1, 0.15) is 26.2 Å². The van der Waals surface area contributed by atoms with E-state index < -0.39 is 0 Å². The normalized spacial score (nSPS) is 27.2. The Hall–Kier alpha value is -0.120. The van der Waals surface area contributed by atoms with Gasteiger partial charge in [-0.3, -0.25) is 0 Å². The minimum atomic E-state index is -0.169. The van der Waals surface area contributed by atoms with Gasteiger partial charge >= 0.3 is 0 Å². The first-order valence-corrected chi connectivity index (χ1v) is 5.63.